The highest BCUT2D eigenvalue weighted by Gasteiger charge is 2.18. The highest BCUT2D eigenvalue weighted by molar-refractivity contribution is 7.92. The predicted molar refractivity (Wildman–Crippen MR) is 115 cm³/mol. The number of halogens is 1. The Balaban J connectivity index is 1.76. The van der Waals surface area contributed by atoms with E-state index in [-0.39, 0.29) is 29.7 Å². The average molecular weight is 424 g/mol. The molecular weight excluding hydrogens is 403 g/mol. The summed E-state index contributed by atoms with van der Waals surface area (Å²) in [5.41, 5.74) is 1.09. The molecule has 3 rings (SSSR count). The van der Waals surface area contributed by atoms with Crippen LogP contribution >= 0.6 is 0 Å². The fraction of sp³-hybridized carbons (Fsp3) is 0.0870. The molecule has 0 aliphatic rings. The van der Waals surface area contributed by atoms with Gasteiger partial charge in [-0.3, -0.25) is 9.52 Å². The van der Waals surface area contributed by atoms with Gasteiger partial charge in [0.05, 0.1) is 4.90 Å². The number of rotatable bonds is 8. The zero-order valence-corrected chi connectivity index (χ0v) is 17.0. The predicted octanol–water partition coefficient (Wildman–Crippen LogP) is 4.45. The molecule has 0 aliphatic carbocycles. The topological polar surface area (TPSA) is 66.5 Å². The monoisotopic (exact) mass is 424 g/mol. The van der Waals surface area contributed by atoms with Gasteiger partial charge >= 0.3 is 0 Å². The molecule has 0 fully saturated rings. The quantitative estimate of drug-likeness (QED) is 0.543. The molecule has 1 N–H and O–H groups in total. The minimum absolute atomic E-state index is 0.0971. The molecule has 0 unspecified atom stereocenters. The van der Waals surface area contributed by atoms with Gasteiger partial charge in [-0.25, -0.2) is 12.8 Å². The van der Waals surface area contributed by atoms with Crippen molar-refractivity contribution in [3.63, 3.8) is 0 Å². The summed E-state index contributed by atoms with van der Waals surface area (Å²) in [6.45, 7) is 4.00. The first-order valence-corrected chi connectivity index (χ1v) is 10.7. The van der Waals surface area contributed by atoms with Crippen molar-refractivity contribution < 1.29 is 17.6 Å². The van der Waals surface area contributed by atoms with E-state index in [4.69, 9.17) is 0 Å². The van der Waals surface area contributed by atoms with E-state index in [0.717, 1.165) is 0 Å². The highest BCUT2D eigenvalue weighted by Crippen LogP contribution is 2.18. The molecule has 3 aromatic rings. The van der Waals surface area contributed by atoms with Crippen molar-refractivity contribution in [3.8, 4) is 0 Å². The zero-order chi connectivity index (χ0) is 21.6. The Morgan fingerprint density at radius 1 is 0.967 bits per heavy atom. The van der Waals surface area contributed by atoms with Gasteiger partial charge in [-0.2, -0.15) is 0 Å². The lowest BCUT2D eigenvalue weighted by Crippen LogP contribution is -2.31. The smallest absolute Gasteiger partial charge is 0.261 e. The molecule has 5 nitrogen and oxygen atoms in total. The summed E-state index contributed by atoms with van der Waals surface area (Å²) in [6, 6.07) is 20.4. The number of anilines is 1. The molecule has 1 amide bonds. The lowest BCUT2D eigenvalue weighted by Gasteiger charge is -2.22. The standard InChI is InChI=1S/C23H21FN2O3S/c1-2-16-26(17-19-8-6-7-11-22(19)24)23(27)18-12-14-20(15-13-18)25-30(28,29)21-9-4-3-5-10-21/h2-15,25H,1,16-17H2. The van der Waals surface area contributed by atoms with E-state index in [9.17, 15) is 17.6 Å². The maximum Gasteiger partial charge on any atom is 0.261 e. The molecule has 0 atom stereocenters. The first-order valence-electron chi connectivity index (χ1n) is 9.22. The molecule has 0 aromatic heterocycles. The third kappa shape index (κ3) is 5.12. The molecular formula is C23H21FN2O3S. The van der Waals surface area contributed by atoms with Crippen molar-refractivity contribution >= 4 is 21.6 Å². The van der Waals surface area contributed by atoms with Gasteiger partial charge in [-0.05, 0) is 42.5 Å². The molecule has 7 heteroatoms. The first-order chi connectivity index (χ1) is 14.4. The van der Waals surface area contributed by atoms with Crippen molar-refractivity contribution in [2.24, 2.45) is 0 Å². The first kappa shape index (κ1) is 21.3. The largest absolute Gasteiger partial charge is 0.331 e. The average Bonchev–Trinajstić information content (AvgIpc) is 2.75. The number of carbonyl (C=O) groups excluding carboxylic acids is 1. The summed E-state index contributed by atoms with van der Waals surface area (Å²) in [5, 5.41) is 0. The zero-order valence-electron chi connectivity index (χ0n) is 16.2. The molecule has 30 heavy (non-hydrogen) atoms. The van der Waals surface area contributed by atoms with Crippen LogP contribution in [0.2, 0.25) is 0 Å². The maximum atomic E-state index is 14.0. The third-order valence-corrected chi connectivity index (χ3v) is 5.79. The SMILES string of the molecule is C=CCN(Cc1ccccc1F)C(=O)c1ccc(NS(=O)(=O)c2ccccc2)cc1. The highest BCUT2D eigenvalue weighted by atomic mass is 32.2. The van der Waals surface area contributed by atoms with Gasteiger partial charge in [0.1, 0.15) is 5.82 Å². The van der Waals surface area contributed by atoms with Crippen molar-refractivity contribution in [3.05, 3.63) is 108 Å². The van der Waals surface area contributed by atoms with Crippen LogP contribution in [-0.4, -0.2) is 25.8 Å². The molecule has 154 valence electrons. The van der Waals surface area contributed by atoms with Gasteiger partial charge in [0.15, 0.2) is 0 Å². The van der Waals surface area contributed by atoms with Crippen LogP contribution in [0.15, 0.2) is 96.4 Å². The van der Waals surface area contributed by atoms with Crippen LogP contribution in [-0.2, 0) is 16.6 Å². The van der Waals surface area contributed by atoms with Gasteiger partial charge in [0.2, 0.25) is 0 Å². The van der Waals surface area contributed by atoms with Gasteiger partial charge in [-0.15, -0.1) is 6.58 Å². The lowest BCUT2D eigenvalue weighted by molar-refractivity contribution is 0.0761. The van der Waals surface area contributed by atoms with Gasteiger partial charge < -0.3 is 4.90 Å². The van der Waals surface area contributed by atoms with E-state index in [2.05, 4.69) is 11.3 Å². The molecule has 0 bridgehead atoms. The molecule has 0 radical (unpaired) electrons. The van der Waals surface area contributed by atoms with Crippen molar-refractivity contribution in [1.82, 2.24) is 4.90 Å². The van der Waals surface area contributed by atoms with Gasteiger partial charge in [0.25, 0.3) is 15.9 Å². The third-order valence-electron chi connectivity index (χ3n) is 4.39. The minimum atomic E-state index is -3.72. The second-order valence-corrected chi connectivity index (χ2v) is 8.24. The molecule has 0 heterocycles. The number of nitrogens with one attached hydrogen (secondary N) is 1. The second-order valence-electron chi connectivity index (χ2n) is 6.56. The molecule has 0 aliphatic heterocycles. The molecule has 0 spiro atoms. The summed E-state index contributed by atoms with van der Waals surface area (Å²) >= 11 is 0. The Hall–Kier alpha value is -3.45. The summed E-state index contributed by atoms with van der Waals surface area (Å²) in [4.78, 5) is 14.5. The van der Waals surface area contributed by atoms with Crippen LogP contribution in [0.25, 0.3) is 0 Å². The van der Waals surface area contributed by atoms with Crippen LogP contribution in [0.1, 0.15) is 15.9 Å². The number of amides is 1. The Bertz CT molecular complexity index is 1130. The second kappa shape index (κ2) is 9.37. The number of nitrogens with zero attached hydrogens (tertiary/aromatic N) is 1. The van der Waals surface area contributed by atoms with E-state index in [1.807, 2.05) is 0 Å². The fourth-order valence-electron chi connectivity index (χ4n) is 2.88. The number of sulfonamides is 1. The number of benzene rings is 3. The molecule has 0 saturated carbocycles. The van der Waals surface area contributed by atoms with Gasteiger partial charge in [-0.1, -0.05) is 42.5 Å². The summed E-state index contributed by atoms with van der Waals surface area (Å²) in [5.74, 6) is -0.694. The normalized spacial score (nSPS) is 11.0. The maximum absolute atomic E-state index is 14.0. The van der Waals surface area contributed by atoms with Crippen LogP contribution in [0.5, 0.6) is 0 Å². The van der Waals surface area contributed by atoms with E-state index in [1.165, 1.54) is 47.4 Å². The van der Waals surface area contributed by atoms with E-state index < -0.39 is 10.0 Å². The van der Waals surface area contributed by atoms with E-state index in [1.54, 1.807) is 42.5 Å². The Kier molecular flexibility index (Phi) is 6.64. The van der Waals surface area contributed by atoms with Crippen LogP contribution in [0, 0.1) is 5.82 Å². The fourth-order valence-corrected chi connectivity index (χ4v) is 3.96. The number of carbonyl (C=O) groups is 1. The minimum Gasteiger partial charge on any atom is -0.331 e. The van der Waals surface area contributed by atoms with Gasteiger partial charge in [0, 0.05) is 29.9 Å². The number of hydrogen-bond acceptors (Lipinski definition) is 3. The number of hydrogen-bond donors (Lipinski definition) is 1. The Labute approximate surface area is 175 Å². The van der Waals surface area contributed by atoms with Crippen LogP contribution < -0.4 is 4.72 Å². The van der Waals surface area contributed by atoms with Crippen molar-refractivity contribution in [2.75, 3.05) is 11.3 Å². The summed E-state index contributed by atoms with van der Waals surface area (Å²) < 4.78 is 41.3. The molecule has 0 saturated heterocycles. The van der Waals surface area contributed by atoms with Crippen LogP contribution in [0.4, 0.5) is 10.1 Å². The van der Waals surface area contributed by atoms with Crippen LogP contribution in [0.3, 0.4) is 0 Å². The van der Waals surface area contributed by atoms with Crippen molar-refractivity contribution in [2.45, 2.75) is 11.4 Å². The summed E-state index contributed by atoms with van der Waals surface area (Å²) in [7, 11) is -3.72. The molecule has 3 aromatic carbocycles. The van der Waals surface area contributed by atoms with Crippen molar-refractivity contribution in [1.29, 1.82) is 0 Å². The summed E-state index contributed by atoms with van der Waals surface area (Å²) in [6.07, 6.45) is 1.57. The Morgan fingerprint density at radius 3 is 2.23 bits per heavy atom. The Morgan fingerprint density at radius 2 is 1.60 bits per heavy atom. The van der Waals surface area contributed by atoms with E-state index >= 15 is 0 Å². The van der Waals surface area contributed by atoms with E-state index in [0.29, 0.717) is 16.8 Å². The lowest BCUT2D eigenvalue weighted by atomic mass is 10.1.